The second-order valence-corrected chi connectivity index (χ2v) is 6.71. The molecule has 0 saturated carbocycles. The Labute approximate surface area is 121 Å². The SMILES string of the molecule is CNC(=O)N[C@H](C(=O)N1CC[C@@H](N(C)C)C1)C(C)(C)C. The van der Waals surface area contributed by atoms with Gasteiger partial charge in [-0.3, -0.25) is 4.79 Å². The van der Waals surface area contributed by atoms with Gasteiger partial charge in [0.25, 0.3) is 0 Å². The second kappa shape index (κ2) is 6.43. The third kappa shape index (κ3) is 4.10. The molecule has 6 heteroatoms. The van der Waals surface area contributed by atoms with Gasteiger partial charge < -0.3 is 20.4 Å². The largest absolute Gasteiger partial charge is 0.341 e. The molecule has 116 valence electrons. The lowest BCUT2D eigenvalue weighted by atomic mass is 9.86. The summed E-state index contributed by atoms with van der Waals surface area (Å²) in [6.45, 7) is 7.37. The van der Waals surface area contributed by atoms with Gasteiger partial charge in [0.2, 0.25) is 5.91 Å². The molecule has 0 aromatic rings. The predicted octanol–water partition coefficient (Wildman–Crippen LogP) is 0.493. The van der Waals surface area contributed by atoms with Gasteiger partial charge in [-0.2, -0.15) is 0 Å². The summed E-state index contributed by atoms with van der Waals surface area (Å²) in [7, 11) is 5.61. The zero-order chi connectivity index (χ0) is 15.5. The molecule has 1 aliphatic heterocycles. The third-order valence-electron chi connectivity index (χ3n) is 3.82. The number of amides is 3. The molecule has 0 aromatic carbocycles. The van der Waals surface area contributed by atoms with E-state index in [1.54, 1.807) is 7.05 Å². The van der Waals surface area contributed by atoms with Gasteiger partial charge >= 0.3 is 6.03 Å². The van der Waals surface area contributed by atoms with Gasteiger partial charge in [-0.25, -0.2) is 4.79 Å². The van der Waals surface area contributed by atoms with Crippen molar-refractivity contribution in [1.82, 2.24) is 20.4 Å². The van der Waals surface area contributed by atoms with E-state index in [-0.39, 0.29) is 17.4 Å². The first-order valence-electron chi connectivity index (χ1n) is 7.10. The number of likely N-dealkylation sites (tertiary alicyclic amines) is 1. The molecule has 0 radical (unpaired) electrons. The molecule has 1 fully saturated rings. The predicted molar refractivity (Wildman–Crippen MR) is 79.5 cm³/mol. The number of hydrogen-bond acceptors (Lipinski definition) is 3. The first-order valence-corrected chi connectivity index (χ1v) is 7.10. The number of carbonyl (C=O) groups excluding carboxylic acids is 2. The fourth-order valence-corrected chi connectivity index (χ4v) is 2.40. The summed E-state index contributed by atoms with van der Waals surface area (Å²) in [4.78, 5) is 28.2. The van der Waals surface area contributed by atoms with Crippen molar-refractivity contribution in [1.29, 1.82) is 0 Å². The van der Waals surface area contributed by atoms with Crippen molar-refractivity contribution in [2.45, 2.75) is 39.3 Å². The van der Waals surface area contributed by atoms with Gasteiger partial charge in [0, 0.05) is 26.2 Å². The Morgan fingerprint density at radius 1 is 1.30 bits per heavy atom. The Morgan fingerprint density at radius 2 is 1.90 bits per heavy atom. The van der Waals surface area contributed by atoms with Crippen LogP contribution in [0.3, 0.4) is 0 Å². The summed E-state index contributed by atoms with van der Waals surface area (Å²) in [5.41, 5.74) is -0.320. The molecule has 20 heavy (non-hydrogen) atoms. The van der Waals surface area contributed by atoms with Crippen molar-refractivity contribution in [3.05, 3.63) is 0 Å². The fraction of sp³-hybridized carbons (Fsp3) is 0.857. The summed E-state index contributed by atoms with van der Waals surface area (Å²) in [5.74, 6) is 0.00505. The summed E-state index contributed by atoms with van der Waals surface area (Å²) in [6, 6.07) is -0.426. The summed E-state index contributed by atoms with van der Waals surface area (Å²) < 4.78 is 0. The van der Waals surface area contributed by atoms with Crippen molar-refractivity contribution >= 4 is 11.9 Å². The van der Waals surface area contributed by atoms with Crippen LogP contribution >= 0.6 is 0 Å². The molecule has 6 nitrogen and oxygen atoms in total. The lowest BCUT2D eigenvalue weighted by molar-refractivity contribution is -0.134. The van der Waals surface area contributed by atoms with Crippen LogP contribution in [0.1, 0.15) is 27.2 Å². The highest BCUT2D eigenvalue weighted by Crippen LogP contribution is 2.23. The summed E-state index contributed by atoms with van der Waals surface area (Å²) in [5, 5.41) is 5.28. The average Bonchev–Trinajstić information content (AvgIpc) is 2.83. The first kappa shape index (κ1) is 16.8. The van der Waals surface area contributed by atoms with Gasteiger partial charge in [0.15, 0.2) is 0 Å². The van der Waals surface area contributed by atoms with E-state index in [0.29, 0.717) is 6.04 Å². The van der Waals surface area contributed by atoms with Crippen LogP contribution in [0.5, 0.6) is 0 Å². The third-order valence-corrected chi connectivity index (χ3v) is 3.82. The molecule has 0 unspecified atom stereocenters. The molecule has 1 saturated heterocycles. The molecule has 1 rings (SSSR count). The monoisotopic (exact) mass is 284 g/mol. The molecule has 2 atom stereocenters. The first-order chi connectivity index (χ1) is 9.16. The maximum absolute atomic E-state index is 12.7. The highest BCUT2D eigenvalue weighted by Gasteiger charge is 2.38. The average molecular weight is 284 g/mol. The quantitative estimate of drug-likeness (QED) is 0.793. The maximum atomic E-state index is 12.7. The molecule has 0 aliphatic carbocycles. The number of nitrogens with zero attached hydrogens (tertiary/aromatic N) is 2. The normalized spacial score (nSPS) is 20.9. The lowest BCUT2D eigenvalue weighted by Crippen LogP contribution is -2.56. The smallest absolute Gasteiger partial charge is 0.315 e. The van der Waals surface area contributed by atoms with E-state index in [1.165, 1.54) is 0 Å². The van der Waals surface area contributed by atoms with Crippen molar-refractivity contribution in [2.75, 3.05) is 34.2 Å². The molecule has 0 spiro atoms. The van der Waals surface area contributed by atoms with Gasteiger partial charge in [0.1, 0.15) is 6.04 Å². The van der Waals surface area contributed by atoms with Crippen LogP contribution in [0.25, 0.3) is 0 Å². The Morgan fingerprint density at radius 3 is 2.30 bits per heavy atom. The van der Waals surface area contributed by atoms with Crippen LogP contribution < -0.4 is 10.6 Å². The van der Waals surface area contributed by atoms with Crippen LogP contribution in [0.15, 0.2) is 0 Å². The molecule has 2 N–H and O–H groups in total. The van der Waals surface area contributed by atoms with E-state index < -0.39 is 6.04 Å². The topological polar surface area (TPSA) is 64.7 Å². The van der Waals surface area contributed by atoms with Gasteiger partial charge in [-0.05, 0) is 25.9 Å². The zero-order valence-electron chi connectivity index (χ0n) is 13.5. The maximum Gasteiger partial charge on any atom is 0.315 e. The van der Waals surface area contributed by atoms with E-state index in [2.05, 4.69) is 15.5 Å². The fourth-order valence-electron chi connectivity index (χ4n) is 2.40. The van der Waals surface area contributed by atoms with Gasteiger partial charge in [0.05, 0.1) is 0 Å². The Kier molecular flexibility index (Phi) is 5.39. The number of likely N-dealkylation sites (N-methyl/N-ethyl adjacent to an activating group) is 1. The van der Waals surface area contributed by atoms with Crippen LogP contribution in [0.4, 0.5) is 4.79 Å². The molecule has 1 heterocycles. The Bertz CT molecular complexity index is 363. The Balaban J connectivity index is 2.77. The van der Waals surface area contributed by atoms with Gasteiger partial charge in [-0.15, -0.1) is 0 Å². The number of rotatable bonds is 3. The van der Waals surface area contributed by atoms with Crippen molar-refractivity contribution in [2.24, 2.45) is 5.41 Å². The molecule has 0 aromatic heterocycles. The van der Waals surface area contributed by atoms with Crippen LogP contribution in [-0.2, 0) is 4.79 Å². The number of carbonyl (C=O) groups is 2. The van der Waals surface area contributed by atoms with Crippen LogP contribution in [0, 0.1) is 5.41 Å². The van der Waals surface area contributed by atoms with Crippen molar-refractivity contribution in [3.8, 4) is 0 Å². The molecule has 0 bridgehead atoms. The van der Waals surface area contributed by atoms with Crippen molar-refractivity contribution in [3.63, 3.8) is 0 Å². The zero-order valence-corrected chi connectivity index (χ0v) is 13.5. The molecule has 3 amide bonds. The molecular weight excluding hydrogens is 256 g/mol. The lowest BCUT2D eigenvalue weighted by Gasteiger charge is -2.33. The highest BCUT2D eigenvalue weighted by atomic mass is 16.2. The second-order valence-electron chi connectivity index (χ2n) is 6.71. The molecule has 1 aliphatic rings. The van der Waals surface area contributed by atoms with E-state index in [9.17, 15) is 9.59 Å². The summed E-state index contributed by atoms with van der Waals surface area (Å²) >= 11 is 0. The van der Waals surface area contributed by atoms with E-state index in [4.69, 9.17) is 0 Å². The number of nitrogens with one attached hydrogen (secondary N) is 2. The highest BCUT2D eigenvalue weighted by molar-refractivity contribution is 5.87. The Hall–Kier alpha value is -1.30. The minimum Gasteiger partial charge on any atom is -0.341 e. The van der Waals surface area contributed by atoms with E-state index in [0.717, 1.165) is 19.5 Å². The number of urea groups is 1. The minimum atomic E-state index is -0.511. The van der Waals surface area contributed by atoms with Gasteiger partial charge in [-0.1, -0.05) is 20.8 Å². The van der Waals surface area contributed by atoms with E-state index in [1.807, 2.05) is 39.8 Å². The summed E-state index contributed by atoms with van der Waals surface area (Å²) in [6.07, 6.45) is 0.982. The van der Waals surface area contributed by atoms with E-state index >= 15 is 0 Å². The molecular formula is C14H28N4O2. The van der Waals surface area contributed by atoms with Crippen LogP contribution in [-0.4, -0.2) is 68.1 Å². The van der Waals surface area contributed by atoms with Crippen LogP contribution in [0.2, 0.25) is 0 Å². The number of hydrogen-bond donors (Lipinski definition) is 2. The standard InChI is InChI=1S/C14H28N4O2/c1-14(2,3)11(16-13(20)15-4)12(19)18-8-7-10(9-18)17(5)6/h10-11H,7-9H2,1-6H3,(H2,15,16,20)/t10-,11-/m1/s1. The minimum absolute atomic E-state index is 0.00505. The van der Waals surface area contributed by atoms with Crippen molar-refractivity contribution < 1.29 is 9.59 Å².